The Kier molecular flexibility index (Phi) is 11.4. The lowest BCUT2D eigenvalue weighted by atomic mass is 9.76. The first kappa shape index (κ1) is 33.5. The van der Waals surface area contributed by atoms with Crippen LogP contribution in [-0.4, -0.2) is 25.2 Å². The monoisotopic (exact) mass is 593 g/mol. The number of ether oxygens (including phenoxy) is 1. The molecule has 1 unspecified atom stereocenters. The van der Waals surface area contributed by atoms with E-state index in [4.69, 9.17) is 27.9 Å². The first-order valence-electron chi connectivity index (χ1n) is 14.5. The summed E-state index contributed by atoms with van der Waals surface area (Å²) in [6, 6.07) is 10.9. The molecule has 39 heavy (non-hydrogen) atoms. The molecule has 1 amide bonds. The Morgan fingerprint density at radius 2 is 1.51 bits per heavy atom. The van der Waals surface area contributed by atoms with Gasteiger partial charge in [-0.25, -0.2) is 0 Å². The van der Waals surface area contributed by atoms with Gasteiger partial charge < -0.3 is 15.2 Å². The lowest BCUT2D eigenvalue weighted by Crippen LogP contribution is -2.47. The number of hydrogen-bond acceptors (Lipinski definition) is 3. The van der Waals surface area contributed by atoms with Gasteiger partial charge in [-0.15, -0.1) is 0 Å². The maximum absolute atomic E-state index is 13.5. The zero-order chi connectivity index (χ0) is 29.8. The smallest absolute Gasteiger partial charge is 0.265 e. The van der Waals surface area contributed by atoms with Crippen molar-refractivity contribution >= 4 is 48.1 Å². The highest BCUT2D eigenvalue weighted by Crippen LogP contribution is 2.40. The summed E-state index contributed by atoms with van der Waals surface area (Å²) >= 11 is 13.5. The van der Waals surface area contributed by atoms with Crippen molar-refractivity contribution in [3.05, 3.63) is 45.4 Å². The van der Waals surface area contributed by atoms with Crippen LogP contribution in [0.25, 0.3) is 0 Å². The van der Waals surface area contributed by atoms with E-state index in [-0.39, 0.29) is 33.2 Å². The minimum Gasteiger partial charge on any atom is -0.504 e. The van der Waals surface area contributed by atoms with Gasteiger partial charge in [0.2, 0.25) is 0 Å². The number of halogens is 2. The van der Waals surface area contributed by atoms with Crippen molar-refractivity contribution in [3.8, 4) is 11.5 Å². The summed E-state index contributed by atoms with van der Waals surface area (Å²) in [6.45, 7) is 21.6. The Balaban J connectivity index is 2.45. The third-order valence-corrected chi connectivity index (χ3v) is 15.8. The van der Waals surface area contributed by atoms with Crippen LogP contribution in [-0.2, 0) is 15.6 Å². The van der Waals surface area contributed by atoms with Crippen molar-refractivity contribution in [2.75, 3.05) is 5.32 Å². The summed E-state index contributed by atoms with van der Waals surface area (Å²) in [6.07, 6.45) is 1.65. The average Bonchev–Trinajstić information content (AvgIpc) is 2.92. The molecular weight excluding hydrogens is 545 g/mol. The Hall–Kier alpha value is -1.69. The third-order valence-electron chi connectivity index (χ3n) is 9.20. The first-order chi connectivity index (χ1) is 18.2. The molecule has 1 atom stereocenters. The molecule has 0 aromatic heterocycles. The van der Waals surface area contributed by atoms with Gasteiger partial charge in [-0.3, -0.25) is 4.79 Å². The molecule has 0 aliphatic heterocycles. The lowest BCUT2D eigenvalue weighted by Gasteiger charge is -2.32. The molecule has 4 nitrogen and oxygen atoms in total. The topological polar surface area (TPSA) is 58.6 Å². The molecule has 0 radical (unpaired) electrons. The maximum Gasteiger partial charge on any atom is 0.265 e. The Bertz CT molecular complexity index is 1150. The fourth-order valence-corrected chi connectivity index (χ4v) is 10.5. The van der Waals surface area contributed by atoms with Crippen LogP contribution in [0, 0.1) is 0 Å². The van der Waals surface area contributed by atoms with E-state index in [0.29, 0.717) is 17.2 Å². The van der Waals surface area contributed by atoms with E-state index in [1.54, 1.807) is 6.07 Å². The van der Waals surface area contributed by atoms with E-state index in [1.807, 2.05) is 13.0 Å². The average molecular weight is 595 g/mol. The van der Waals surface area contributed by atoms with Crippen molar-refractivity contribution in [3.63, 3.8) is 0 Å². The Morgan fingerprint density at radius 1 is 0.949 bits per heavy atom. The van der Waals surface area contributed by atoms with Crippen molar-refractivity contribution in [1.29, 1.82) is 0 Å². The highest BCUT2D eigenvalue weighted by atomic mass is 35.5. The number of carbonyl (C=O) groups is 1. The van der Waals surface area contributed by atoms with Crippen LogP contribution < -0.4 is 15.2 Å². The zero-order valence-electron chi connectivity index (χ0n) is 25.6. The van der Waals surface area contributed by atoms with Gasteiger partial charge in [0.15, 0.2) is 11.9 Å². The van der Waals surface area contributed by atoms with Gasteiger partial charge in [-0.2, -0.15) is 0 Å². The van der Waals surface area contributed by atoms with Crippen LogP contribution in [0.5, 0.6) is 11.5 Å². The number of anilines is 1. The summed E-state index contributed by atoms with van der Waals surface area (Å²) in [7, 11) is -1.97. The fraction of sp³-hybridized carbons (Fsp3) is 0.594. The van der Waals surface area contributed by atoms with Crippen LogP contribution in [0.3, 0.4) is 0 Å². The molecule has 218 valence electrons. The summed E-state index contributed by atoms with van der Waals surface area (Å²) in [5.74, 6) is 0.223. The van der Waals surface area contributed by atoms with Crippen LogP contribution in [0.2, 0.25) is 28.2 Å². The maximum atomic E-state index is 13.5. The second-order valence-electron chi connectivity index (χ2n) is 12.0. The number of amides is 1. The minimum atomic E-state index is -1.97. The fourth-order valence-electron chi connectivity index (χ4n) is 5.14. The summed E-state index contributed by atoms with van der Waals surface area (Å²) < 4.78 is 6.40. The summed E-state index contributed by atoms with van der Waals surface area (Å²) in [5, 5.41) is 15.5. The normalized spacial score (nSPS) is 13.3. The molecule has 0 saturated carbocycles. The molecule has 0 aliphatic carbocycles. The molecule has 0 bridgehead atoms. The van der Waals surface area contributed by atoms with E-state index in [1.165, 1.54) is 5.56 Å². The predicted octanol–water partition coefficient (Wildman–Crippen LogP) is 9.59. The Labute approximate surface area is 247 Å². The van der Waals surface area contributed by atoms with Crippen molar-refractivity contribution < 1.29 is 14.6 Å². The van der Waals surface area contributed by atoms with Gasteiger partial charge in [-0.1, -0.05) is 123 Å². The molecule has 0 saturated heterocycles. The molecule has 2 rings (SSSR count). The van der Waals surface area contributed by atoms with Gasteiger partial charge in [0.1, 0.15) is 5.75 Å². The van der Waals surface area contributed by atoms with Crippen LogP contribution in [0.4, 0.5) is 5.69 Å². The minimum absolute atomic E-state index is 0.0363. The van der Waals surface area contributed by atoms with Gasteiger partial charge in [0.05, 0.1) is 18.8 Å². The van der Waals surface area contributed by atoms with Gasteiger partial charge >= 0.3 is 0 Å². The van der Waals surface area contributed by atoms with Gasteiger partial charge in [0, 0.05) is 10.6 Å². The second kappa shape index (κ2) is 13.3. The number of benzene rings is 2. The lowest BCUT2D eigenvalue weighted by molar-refractivity contribution is -0.122. The molecule has 2 aromatic rings. The SMILES string of the molecule is CCC(Oc1ccc(C(C)(C)CC)cc1C(C)(C)CC)C(=O)Nc1cc(Cl)c([Si](CC)(CC)CC)c(Cl)c1O. The number of rotatable bonds is 13. The van der Waals surface area contributed by atoms with Crippen molar-refractivity contribution in [2.45, 2.75) is 124 Å². The van der Waals surface area contributed by atoms with E-state index in [2.05, 4.69) is 79.8 Å². The number of carbonyl (C=O) groups excluding carboxylic acids is 1. The van der Waals surface area contributed by atoms with Crippen LogP contribution >= 0.6 is 23.2 Å². The number of aromatic hydroxyl groups is 1. The Morgan fingerprint density at radius 3 is 2.00 bits per heavy atom. The highest BCUT2D eigenvalue weighted by Gasteiger charge is 2.36. The quantitative estimate of drug-likeness (QED) is 0.179. The standard InChI is InChI=1S/C32H49Cl2NO3Si/c1-11-25(38-26-18-17-21(31(7,8)12-2)19-22(26)32(9,10)13-3)30(37)35-24-20-23(33)29(27(34)28(24)36)39(14-4,15-5)16-6/h17-20,25,36H,11-16H2,1-10H3,(H,35,37). The number of hydrogen-bond donors (Lipinski definition) is 2. The summed E-state index contributed by atoms with van der Waals surface area (Å²) in [4.78, 5) is 13.5. The summed E-state index contributed by atoms with van der Waals surface area (Å²) in [5.41, 5.74) is 2.46. The van der Waals surface area contributed by atoms with E-state index in [9.17, 15) is 9.90 Å². The second-order valence-corrected chi connectivity index (χ2v) is 17.9. The van der Waals surface area contributed by atoms with Crippen LogP contribution in [0.15, 0.2) is 24.3 Å². The van der Waals surface area contributed by atoms with Gasteiger partial charge in [0.25, 0.3) is 5.91 Å². The van der Waals surface area contributed by atoms with E-state index in [0.717, 1.165) is 41.7 Å². The van der Waals surface area contributed by atoms with E-state index < -0.39 is 14.2 Å². The number of phenols is 1. The number of phenolic OH excluding ortho intramolecular Hbond substituents is 1. The molecule has 2 aromatic carbocycles. The molecule has 0 fully saturated rings. The first-order valence-corrected chi connectivity index (χ1v) is 17.9. The molecule has 7 heteroatoms. The largest absolute Gasteiger partial charge is 0.504 e. The molecule has 0 heterocycles. The van der Waals surface area contributed by atoms with E-state index >= 15 is 0 Å². The predicted molar refractivity (Wildman–Crippen MR) is 171 cm³/mol. The zero-order valence-corrected chi connectivity index (χ0v) is 28.2. The molecule has 0 spiro atoms. The van der Waals surface area contributed by atoms with Crippen LogP contribution in [0.1, 0.15) is 99.6 Å². The number of nitrogens with one attached hydrogen (secondary N) is 1. The van der Waals surface area contributed by atoms with Crippen molar-refractivity contribution in [1.82, 2.24) is 0 Å². The third kappa shape index (κ3) is 6.97. The highest BCUT2D eigenvalue weighted by molar-refractivity contribution is 6.94. The molecule has 0 aliphatic rings. The van der Waals surface area contributed by atoms with Crippen molar-refractivity contribution in [2.24, 2.45) is 0 Å². The molecular formula is C32H49Cl2NO3Si. The van der Waals surface area contributed by atoms with Gasteiger partial charge in [-0.05, 0) is 53.0 Å². The molecule has 2 N–H and O–H groups in total.